The van der Waals surface area contributed by atoms with Gasteiger partial charge in [0, 0.05) is 49.2 Å². The van der Waals surface area contributed by atoms with E-state index in [1.165, 1.54) is 44.6 Å². The first kappa shape index (κ1) is 14.2. The second-order valence-electron chi connectivity index (χ2n) is 5.38. The third-order valence-electron chi connectivity index (χ3n) is 4.07. The Bertz CT molecular complexity index is 233. The maximum atomic E-state index is 5.51. The molecule has 0 bridgehead atoms. The molecule has 2 aliphatic rings. The lowest BCUT2D eigenvalue weighted by molar-refractivity contribution is 0.00864. The molecule has 2 saturated heterocycles. The number of ether oxygens (including phenoxy) is 1. The van der Waals surface area contributed by atoms with Gasteiger partial charge in [-0.1, -0.05) is 22.9 Å². The van der Waals surface area contributed by atoms with Gasteiger partial charge >= 0.3 is 0 Å². The first-order valence-corrected chi connectivity index (χ1v) is 8.93. The van der Waals surface area contributed by atoms with Crippen LogP contribution in [0.3, 0.4) is 0 Å². The molecule has 2 nitrogen and oxygen atoms in total. The topological polar surface area (TPSA) is 12.5 Å². The van der Waals surface area contributed by atoms with Crippen molar-refractivity contribution in [3.05, 3.63) is 0 Å². The number of rotatable bonds is 4. The largest absolute Gasteiger partial charge is 0.381 e. The molecule has 4 heteroatoms. The average molecular weight is 322 g/mol. The Labute approximate surface area is 118 Å². The summed E-state index contributed by atoms with van der Waals surface area (Å²) in [6, 6.07) is 0. The lowest BCUT2D eigenvalue weighted by Gasteiger charge is -2.42. The number of nitrogens with zero attached hydrogens (tertiary/aromatic N) is 1. The van der Waals surface area contributed by atoms with Crippen LogP contribution in [0.25, 0.3) is 0 Å². The van der Waals surface area contributed by atoms with Gasteiger partial charge in [-0.15, -0.1) is 0 Å². The maximum Gasteiger partial charge on any atom is 0.0472 e. The molecule has 2 aliphatic heterocycles. The van der Waals surface area contributed by atoms with Gasteiger partial charge in [0.15, 0.2) is 0 Å². The second-order valence-corrected chi connectivity index (χ2v) is 7.35. The molecule has 2 heterocycles. The van der Waals surface area contributed by atoms with Crippen molar-refractivity contribution >= 4 is 27.7 Å². The summed E-state index contributed by atoms with van der Waals surface area (Å²) in [4.78, 5) is 2.69. The van der Waals surface area contributed by atoms with Gasteiger partial charge in [-0.2, -0.15) is 11.8 Å². The first-order chi connectivity index (χ1) is 8.28. The predicted molar refractivity (Wildman–Crippen MR) is 79.3 cm³/mol. The monoisotopic (exact) mass is 321 g/mol. The van der Waals surface area contributed by atoms with Gasteiger partial charge in [0.05, 0.1) is 0 Å². The molecule has 0 saturated carbocycles. The van der Waals surface area contributed by atoms with Crippen LogP contribution in [0.4, 0.5) is 0 Å². The van der Waals surface area contributed by atoms with E-state index >= 15 is 0 Å². The fraction of sp³-hybridized carbons (Fsp3) is 1.00. The zero-order chi connectivity index (χ0) is 12.1. The summed E-state index contributed by atoms with van der Waals surface area (Å²) in [5, 5.41) is 1.99. The van der Waals surface area contributed by atoms with Crippen LogP contribution in [0.2, 0.25) is 0 Å². The molecule has 2 rings (SSSR count). The second kappa shape index (κ2) is 6.78. The minimum atomic E-state index is 0.471. The average Bonchev–Trinajstić information content (AvgIpc) is 2.40. The van der Waals surface area contributed by atoms with E-state index in [0.717, 1.165) is 23.8 Å². The third-order valence-corrected chi connectivity index (χ3v) is 6.64. The molecule has 0 amide bonds. The summed E-state index contributed by atoms with van der Waals surface area (Å²) in [7, 11) is 0. The van der Waals surface area contributed by atoms with E-state index in [4.69, 9.17) is 4.74 Å². The lowest BCUT2D eigenvalue weighted by atomic mass is 9.81. The van der Waals surface area contributed by atoms with Crippen molar-refractivity contribution in [3.63, 3.8) is 0 Å². The Balaban J connectivity index is 1.88. The number of halogens is 1. The quantitative estimate of drug-likeness (QED) is 0.738. The van der Waals surface area contributed by atoms with Crippen LogP contribution in [-0.4, -0.2) is 54.1 Å². The smallest absolute Gasteiger partial charge is 0.0472 e. The van der Waals surface area contributed by atoms with Gasteiger partial charge in [0.2, 0.25) is 0 Å². The minimum Gasteiger partial charge on any atom is -0.381 e. The van der Waals surface area contributed by atoms with E-state index in [2.05, 4.69) is 39.5 Å². The van der Waals surface area contributed by atoms with Crippen molar-refractivity contribution in [2.24, 2.45) is 5.41 Å². The highest BCUT2D eigenvalue weighted by molar-refractivity contribution is 9.09. The zero-order valence-electron chi connectivity index (χ0n) is 10.8. The van der Waals surface area contributed by atoms with Crippen molar-refractivity contribution in [1.82, 2.24) is 4.90 Å². The Hall–Kier alpha value is 0.750. The van der Waals surface area contributed by atoms with Crippen molar-refractivity contribution in [2.45, 2.75) is 31.4 Å². The molecule has 17 heavy (non-hydrogen) atoms. The maximum absolute atomic E-state index is 5.51. The predicted octanol–water partition coefficient (Wildman–Crippen LogP) is 3.01. The molecule has 1 atom stereocenters. The summed E-state index contributed by atoms with van der Waals surface area (Å²) < 4.78 is 5.51. The van der Waals surface area contributed by atoms with Crippen LogP contribution in [0, 0.1) is 5.41 Å². The van der Waals surface area contributed by atoms with E-state index in [9.17, 15) is 0 Å². The lowest BCUT2D eigenvalue weighted by Crippen LogP contribution is -2.47. The Kier molecular flexibility index (Phi) is 5.65. The summed E-state index contributed by atoms with van der Waals surface area (Å²) in [6.45, 7) is 8.04. The normalized spacial score (nSPS) is 30.4. The molecule has 0 spiro atoms. The molecule has 0 aromatic heterocycles. The highest BCUT2D eigenvalue weighted by Crippen LogP contribution is 2.34. The van der Waals surface area contributed by atoms with Crippen LogP contribution in [0.1, 0.15) is 26.2 Å². The first-order valence-electron chi connectivity index (χ1n) is 6.76. The van der Waals surface area contributed by atoms with Crippen molar-refractivity contribution in [1.29, 1.82) is 0 Å². The van der Waals surface area contributed by atoms with Crippen molar-refractivity contribution < 1.29 is 4.74 Å². The fourth-order valence-corrected chi connectivity index (χ4v) is 4.77. The Morgan fingerprint density at radius 2 is 2.18 bits per heavy atom. The van der Waals surface area contributed by atoms with Crippen LogP contribution in [0.5, 0.6) is 0 Å². The molecule has 1 unspecified atom stereocenters. The minimum absolute atomic E-state index is 0.471. The molecule has 0 aliphatic carbocycles. The Morgan fingerprint density at radius 3 is 2.82 bits per heavy atom. The van der Waals surface area contributed by atoms with Gasteiger partial charge in [0.1, 0.15) is 0 Å². The van der Waals surface area contributed by atoms with Crippen LogP contribution < -0.4 is 0 Å². The van der Waals surface area contributed by atoms with Crippen molar-refractivity contribution in [3.8, 4) is 0 Å². The fourth-order valence-electron chi connectivity index (χ4n) is 2.78. The van der Waals surface area contributed by atoms with E-state index in [1.54, 1.807) is 0 Å². The molecule has 0 radical (unpaired) electrons. The molecule has 100 valence electrons. The summed E-state index contributed by atoms with van der Waals surface area (Å²) in [6.07, 6.45) is 3.75. The molecular formula is C13H24BrNOS. The van der Waals surface area contributed by atoms with Crippen LogP contribution in [0.15, 0.2) is 0 Å². The van der Waals surface area contributed by atoms with Gasteiger partial charge in [-0.25, -0.2) is 0 Å². The molecule has 2 fully saturated rings. The van der Waals surface area contributed by atoms with E-state index < -0.39 is 0 Å². The summed E-state index contributed by atoms with van der Waals surface area (Å²) in [5.74, 6) is 1.31. The van der Waals surface area contributed by atoms with Gasteiger partial charge < -0.3 is 9.64 Å². The zero-order valence-corrected chi connectivity index (χ0v) is 13.2. The standard InChI is InChI=1S/C13H24BrNOS/c1-2-12-9-15(5-8-17-12)11-13(10-14)3-6-16-7-4-13/h12H,2-11H2,1H3. The van der Waals surface area contributed by atoms with E-state index in [-0.39, 0.29) is 0 Å². The van der Waals surface area contributed by atoms with Crippen molar-refractivity contribution in [2.75, 3.05) is 43.9 Å². The summed E-state index contributed by atoms with van der Waals surface area (Å²) in [5.41, 5.74) is 0.471. The Morgan fingerprint density at radius 1 is 1.41 bits per heavy atom. The molecule has 0 aromatic carbocycles. The highest BCUT2D eigenvalue weighted by atomic mass is 79.9. The van der Waals surface area contributed by atoms with Gasteiger partial charge in [0.25, 0.3) is 0 Å². The highest BCUT2D eigenvalue weighted by Gasteiger charge is 2.34. The van der Waals surface area contributed by atoms with Crippen LogP contribution in [-0.2, 0) is 4.74 Å². The van der Waals surface area contributed by atoms with Crippen LogP contribution >= 0.6 is 27.7 Å². The van der Waals surface area contributed by atoms with E-state index in [0.29, 0.717) is 5.41 Å². The number of hydrogen-bond acceptors (Lipinski definition) is 3. The third kappa shape index (κ3) is 3.85. The van der Waals surface area contributed by atoms with Gasteiger partial charge in [-0.3, -0.25) is 0 Å². The molecular weight excluding hydrogens is 298 g/mol. The molecule has 0 aromatic rings. The number of thioether (sulfide) groups is 1. The number of hydrogen-bond donors (Lipinski definition) is 0. The SMILES string of the molecule is CCC1CN(CC2(CBr)CCOCC2)CCS1. The van der Waals surface area contributed by atoms with E-state index in [1.807, 2.05) is 0 Å². The van der Waals surface area contributed by atoms with Gasteiger partial charge in [-0.05, 0) is 24.7 Å². The number of alkyl halides is 1. The molecule has 0 N–H and O–H groups in total. The summed E-state index contributed by atoms with van der Waals surface area (Å²) >= 11 is 5.90.